The van der Waals surface area contributed by atoms with Gasteiger partial charge in [0.15, 0.2) is 31.3 Å². The fourth-order valence-corrected chi connectivity index (χ4v) is 6.23. The molecule has 0 atom stereocenters. The molecule has 0 saturated heterocycles. The average molecular weight is 547 g/mol. The highest BCUT2D eigenvalue weighted by Crippen LogP contribution is 2.14. The van der Waals surface area contributed by atoms with Gasteiger partial charge in [-0.15, -0.1) is 0 Å². The number of aromatic nitrogens is 2. The molecule has 2 aromatic rings. The summed E-state index contributed by atoms with van der Waals surface area (Å²) in [6.07, 6.45) is 47.0. The van der Waals surface area contributed by atoms with Crippen LogP contribution in [-0.4, -0.2) is 0 Å². The minimum Gasteiger partial charge on any atom is -0.205 e. The molecule has 0 aliphatic carbocycles. The number of hydrogen-bond donors (Lipinski definition) is 0. The molecule has 2 nitrogen and oxygen atoms in total. The minimum atomic E-state index is 1.11. The fraction of sp³-hybridized carbons (Fsp3) is 0.684. The van der Waals surface area contributed by atoms with Gasteiger partial charge in [-0.05, 0) is 57.1 Å². The summed E-state index contributed by atoms with van der Waals surface area (Å²) in [4.78, 5) is 0. The molecule has 0 fully saturated rings. The van der Waals surface area contributed by atoms with E-state index in [0.717, 1.165) is 13.0 Å². The van der Waals surface area contributed by atoms with Crippen LogP contribution in [0.4, 0.5) is 0 Å². The predicted molar refractivity (Wildman–Crippen MR) is 171 cm³/mol. The van der Waals surface area contributed by atoms with Crippen molar-refractivity contribution in [2.24, 2.45) is 0 Å². The van der Waals surface area contributed by atoms with E-state index in [-0.39, 0.29) is 0 Å². The van der Waals surface area contributed by atoms with E-state index in [9.17, 15) is 0 Å². The van der Waals surface area contributed by atoms with Crippen molar-refractivity contribution < 1.29 is 9.13 Å². The van der Waals surface area contributed by atoms with Crippen LogP contribution in [0.5, 0.6) is 0 Å². The predicted octanol–water partition coefficient (Wildman–Crippen LogP) is 10.2. The van der Waals surface area contributed by atoms with E-state index in [2.05, 4.69) is 70.3 Å². The average Bonchev–Trinajstić information content (AvgIpc) is 2.97. The lowest BCUT2D eigenvalue weighted by Crippen LogP contribution is -2.33. The van der Waals surface area contributed by atoms with Crippen molar-refractivity contribution >= 4 is 0 Å². The van der Waals surface area contributed by atoms with Gasteiger partial charge < -0.3 is 0 Å². The SMILES string of the molecule is C1=C\CC[n+]2cccc(c2)CCCCCCCCCCCCCC[n+]2cccc(c2)CCCCCCCCCC/1. The number of aryl methyl sites for hydroxylation is 4. The first kappa shape index (κ1) is 32.6. The third kappa shape index (κ3) is 16.3. The second-order valence-corrected chi connectivity index (χ2v) is 12.5. The van der Waals surface area contributed by atoms with Crippen LogP contribution in [0, 0.1) is 0 Å². The largest absolute Gasteiger partial charge is 0.205 e. The number of nitrogens with zero attached hydrogens (tertiary/aromatic N) is 2. The molecule has 0 amide bonds. The summed E-state index contributed by atoms with van der Waals surface area (Å²) < 4.78 is 4.83. The number of rotatable bonds is 0. The van der Waals surface area contributed by atoms with Crippen LogP contribution in [0.15, 0.2) is 61.2 Å². The Balaban J connectivity index is 1.34. The van der Waals surface area contributed by atoms with Crippen molar-refractivity contribution in [3.63, 3.8) is 0 Å². The Bertz CT molecular complexity index is 902. The van der Waals surface area contributed by atoms with Crippen molar-refractivity contribution in [2.45, 2.75) is 167 Å². The molecule has 0 N–H and O–H groups in total. The molecule has 0 radical (unpaired) electrons. The van der Waals surface area contributed by atoms with Gasteiger partial charge in [-0.1, -0.05) is 108 Å². The standard InChI is InChI=1S/C38H62N2/c1-3-7-11-15-19-23-31-39-33-26-30-38(36-39)28-22-18-14-10-6-2-4-8-12-16-20-24-32-40-34-25-29-37(35-40)27-21-17-13-9-5-1/h15,19,25-26,29-30,33-36H,1-14,16-18,20-24,27-28,31-32H2/q+2/b19-15-. The maximum Gasteiger partial charge on any atom is 0.171 e. The molecular weight excluding hydrogens is 484 g/mol. The van der Waals surface area contributed by atoms with Crippen molar-refractivity contribution in [3.05, 3.63) is 72.3 Å². The second kappa shape index (κ2) is 22.7. The summed E-state index contributed by atoms with van der Waals surface area (Å²) in [5.74, 6) is 0. The molecule has 0 unspecified atom stereocenters. The Kier molecular flexibility index (Phi) is 18.5. The Morgan fingerprint density at radius 3 is 1.30 bits per heavy atom. The van der Waals surface area contributed by atoms with Gasteiger partial charge in [0, 0.05) is 36.1 Å². The topological polar surface area (TPSA) is 7.76 Å². The zero-order valence-corrected chi connectivity index (χ0v) is 26.1. The molecule has 1 aliphatic rings. The lowest BCUT2D eigenvalue weighted by molar-refractivity contribution is -0.697. The van der Waals surface area contributed by atoms with Gasteiger partial charge in [0.1, 0.15) is 6.54 Å². The zero-order chi connectivity index (χ0) is 27.8. The van der Waals surface area contributed by atoms with Crippen LogP contribution >= 0.6 is 0 Å². The van der Waals surface area contributed by atoms with Crippen LogP contribution in [0.25, 0.3) is 0 Å². The molecule has 0 spiro atoms. The summed E-state index contributed by atoms with van der Waals surface area (Å²) >= 11 is 0. The van der Waals surface area contributed by atoms with Crippen molar-refractivity contribution in [3.8, 4) is 0 Å². The van der Waals surface area contributed by atoms with Gasteiger partial charge in [-0.25, -0.2) is 9.13 Å². The van der Waals surface area contributed by atoms with E-state index in [1.807, 2.05) is 0 Å². The van der Waals surface area contributed by atoms with Gasteiger partial charge in [0.2, 0.25) is 0 Å². The summed E-state index contributed by atoms with van der Waals surface area (Å²) in [5, 5.41) is 0. The van der Waals surface area contributed by atoms with Crippen LogP contribution in [-0.2, 0) is 25.9 Å². The first-order chi connectivity index (χ1) is 19.9. The van der Waals surface area contributed by atoms with Crippen LogP contribution < -0.4 is 9.13 Å². The van der Waals surface area contributed by atoms with E-state index in [1.54, 1.807) is 0 Å². The third-order valence-corrected chi connectivity index (χ3v) is 8.78. The number of hydrogen-bond acceptors (Lipinski definition) is 0. The molecule has 2 heteroatoms. The summed E-state index contributed by atoms with van der Waals surface area (Å²) in [5.41, 5.74) is 3.04. The first-order valence-corrected chi connectivity index (χ1v) is 17.5. The highest BCUT2D eigenvalue weighted by atomic mass is 14.9. The summed E-state index contributed by atoms with van der Waals surface area (Å²) in [6.45, 7) is 2.29. The normalized spacial score (nSPS) is 20.6. The minimum absolute atomic E-state index is 1.11. The monoisotopic (exact) mass is 546 g/mol. The van der Waals surface area contributed by atoms with Crippen LogP contribution in [0.2, 0.25) is 0 Å². The summed E-state index contributed by atoms with van der Waals surface area (Å²) in [6, 6.07) is 9.15. The van der Waals surface area contributed by atoms with E-state index >= 15 is 0 Å². The number of allylic oxidation sites excluding steroid dienone is 2. The number of fused-ring (bicyclic) bond motifs is 4. The lowest BCUT2D eigenvalue weighted by atomic mass is 10.0. The van der Waals surface area contributed by atoms with E-state index in [0.29, 0.717) is 0 Å². The molecule has 40 heavy (non-hydrogen) atoms. The molecule has 2 aromatic heterocycles. The van der Waals surface area contributed by atoms with E-state index in [1.165, 1.54) is 165 Å². The molecule has 0 aromatic carbocycles. The highest BCUT2D eigenvalue weighted by Gasteiger charge is 2.04. The molecule has 0 saturated carbocycles. The lowest BCUT2D eigenvalue weighted by Gasteiger charge is -2.04. The molecule has 1 aliphatic heterocycles. The quantitative estimate of drug-likeness (QED) is 0.229. The Labute approximate surface area is 248 Å². The smallest absolute Gasteiger partial charge is 0.171 e. The van der Waals surface area contributed by atoms with Gasteiger partial charge in [-0.3, -0.25) is 0 Å². The van der Waals surface area contributed by atoms with Crippen LogP contribution in [0.1, 0.15) is 152 Å². The van der Waals surface area contributed by atoms with Gasteiger partial charge in [-0.2, -0.15) is 0 Å². The maximum atomic E-state index is 2.44. The third-order valence-electron chi connectivity index (χ3n) is 8.78. The molecule has 222 valence electrons. The number of pyridine rings is 2. The van der Waals surface area contributed by atoms with Gasteiger partial charge in [0.25, 0.3) is 0 Å². The van der Waals surface area contributed by atoms with Crippen molar-refractivity contribution in [1.82, 2.24) is 0 Å². The van der Waals surface area contributed by atoms with E-state index in [4.69, 9.17) is 0 Å². The summed E-state index contributed by atoms with van der Waals surface area (Å²) in [7, 11) is 0. The molecule has 3 rings (SSSR count). The second-order valence-electron chi connectivity index (χ2n) is 12.5. The van der Waals surface area contributed by atoms with Gasteiger partial charge >= 0.3 is 0 Å². The zero-order valence-electron chi connectivity index (χ0n) is 26.1. The molecule has 4 bridgehead atoms. The Hall–Kier alpha value is -1.96. The van der Waals surface area contributed by atoms with Crippen molar-refractivity contribution in [2.75, 3.05) is 0 Å². The highest BCUT2D eigenvalue weighted by molar-refractivity contribution is 5.06. The Morgan fingerprint density at radius 2 is 0.775 bits per heavy atom. The molecular formula is C38H62N2+2. The fourth-order valence-electron chi connectivity index (χ4n) is 6.23. The van der Waals surface area contributed by atoms with Crippen LogP contribution in [0.3, 0.4) is 0 Å². The molecule has 3 heterocycles. The van der Waals surface area contributed by atoms with E-state index < -0.39 is 0 Å². The van der Waals surface area contributed by atoms with Crippen molar-refractivity contribution in [1.29, 1.82) is 0 Å². The first-order valence-electron chi connectivity index (χ1n) is 17.5. The van der Waals surface area contributed by atoms with Gasteiger partial charge in [0.05, 0.1) is 0 Å². The maximum absolute atomic E-state index is 2.44. The Morgan fingerprint density at radius 1 is 0.375 bits per heavy atom.